The largest absolute Gasteiger partial charge is 0.459 e. The average molecular weight is 181 g/mol. The summed E-state index contributed by atoms with van der Waals surface area (Å²) in [6.07, 6.45) is -1.73. The second-order valence-corrected chi connectivity index (χ2v) is 3.31. The highest BCUT2D eigenvalue weighted by Gasteiger charge is 2.38. The Morgan fingerprint density at radius 2 is 1.75 bits per heavy atom. The summed E-state index contributed by atoms with van der Waals surface area (Å²) in [5.74, 6) is 0.503. The van der Waals surface area contributed by atoms with Crippen molar-refractivity contribution in [3.8, 4) is 0 Å². The monoisotopic (exact) mass is 181 g/mol. The summed E-state index contributed by atoms with van der Waals surface area (Å²) in [6.45, 7) is 2.40. The number of alkyl halides is 3. The number of hydrogen-bond donors (Lipinski definition) is 0. The van der Waals surface area contributed by atoms with Crippen LogP contribution in [0.3, 0.4) is 0 Å². The molecule has 1 nitrogen and oxygen atoms in total. The highest BCUT2D eigenvalue weighted by molar-refractivity contribution is 4.72. The Morgan fingerprint density at radius 3 is 2.08 bits per heavy atom. The third-order valence-electron chi connectivity index (χ3n) is 2.55. The van der Waals surface area contributed by atoms with Crippen LogP contribution in [0.2, 0.25) is 0 Å². The smallest absolute Gasteiger partial charge is 0.214 e. The Morgan fingerprint density at radius 1 is 1.25 bits per heavy atom. The quantitative estimate of drug-likeness (QED) is 0.562. The summed E-state index contributed by atoms with van der Waals surface area (Å²) in [5.41, 5.74) is 0. The van der Waals surface area contributed by atoms with E-state index in [4.69, 9.17) is 0 Å². The molecule has 12 heavy (non-hydrogen) atoms. The first-order chi connectivity index (χ1) is 5.54. The topological polar surface area (TPSA) is 3.24 Å². The molecule has 1 rings (SSSR count). The summed E-state index contributed by atoms with van der Waals surface area (Å²) >= 11 is 0. The van der Waals surface area contributed by atoms with E-state index in [0.29, 0.717) is 23.7 Å². The maximum atomic E-state index is 12.1. The van der Waals surface area contributed by atoms with Crippen molar-refractivity contribution in [2.75, 3.05) is 13.1 Å². The molecule has 4 heteroatoms. The number of piperidine rings is 1. The van der Waals surface area contributed by atoms with E-state index in [1.807, 2.05) is 6.92 Å². The molecule has 0 aromatic heterocycles. The van der Waals surface area contributed by atoms with Crippen LogP contribution in [0, 0.1) is 5.92 Å². The number of halogens is 3. The van der Waals surface area contributed by atoms with Gasteiger partial charge in [-0.2, -0.15) is 13.2 Å². The molecule has 0 radical (unpaired) electrons. The van der Waals surface area contributed by atoms with Gasteiger partial charge >= 0.3 is 6.30 Å². The minimum absolute atomic E-state index is 0.183. The summed E-state index contributed by atoms with van der Waals surface area (Å²) in [7, 11) is 0. The van der Waals surface area contributed by atoms with Gasteiger partial charge < -0.3 is 0 Å². The van der Waals surface area contributed by atoms with Crippen molar-refractivity contribution < 1.29 is 13.2 Å². The molecular formula is C8H14F3N. The third kappa shape index (κ3) is 2.37. The van der Waals surface area contributed by atoms with Crippen LogP contribution in [-0.4, -0.2) is 24.3 Å². The molecule has 1 aliphatic rings. The van der Waals surface area contributed by atoms with Gasteiger partial charge in [0.1, 0.15) is 0 Å². The van der Waals surface area contributed by atoms with Crippen molar-refractivity contribution >= 4 is 0 Å². The van der Waals surface area contributed by atoms with Gasteiger partial charge in [0.05, 0.1) is 0 Å². The van der Waals surface area contributed by atoms with Crippen molar-refractivity contribution in [3.63, 3.8) is 0 Å². The maximum absolute atomic E-state index is 12.1. The standard InChI is InChI=1S/C8H14F3N/c1-2-7-3-5-12(6-4-7)8(9,10)11/h7H,2-6H2,1H3. The van der Waals surface area contributed by atoms with Crippen molar-refractivity contribution in [1.29, 1.82) is 0 Å². The SMILES string of the molecule is CCC1CCN(C(F)(F)F)CC1. The van der Waals surface area contributed by atoms with Gasteiger partial charge in [-0.3, -0.25) is 0 Å². The summed E-state index contributed by atoms with van der Waals surface area (Å²) in [5, 5.41) is 0. The van der Waals surface area contributed by atoms with Crippen molar-refractivity contribution in [2.24, 2.45) is 5.92 Å². The van der Waals surface area contributed by atoms with E-state index in [1.54, 1.807) is 0 Å². The molecule has 0 spiro atoms. The van der Waals surface area contributed by atoms with Crippen LogP contribution in [0.5, 0.6) is 0 Å². The first-order valence-corrected chi connectivity index (χ1v) is 4.35. The van der Waals surface area contributed by atoms with Crippen molar-refractivity contribution in [1.82, 2.24) is 4.90 Å². The average Bonchev–Trinajstić information content (AvgIpc) is 2.03. The zero-order chi connectivity index (χ0) is 9.19. The maximum Gasteiger partial charge on any atom is 0.459 e. The Bertz CT molecular complexity index is 136. The first-order valence-electron chi connectivity index (χ1n) is 4.35. The van der Waals surface area contributed by atoms with Crippen LogP contribution < -0.4 is 0 Å². The summed E-state index contributed by atoms with van der Waals surface area (Å²) < 4.78 is 36.3. The van der Waals surface area contributed by atoms with Crippen LogP contribution in [0.25, 0.3) is 0 Å². The van der Waals surface area contributed by atoms with Crippen molar-refractivity contribution in [2.45, 2.75) is 32.5 Å². The molecule has 1 heterocycles. The normalized spacial score (nSPS) is 23.0. The lowest BCUT2D eigenvalue weighted by atomic mass is 9.95. The molecule has 0 aliphatic carbocycles. The highest BCUT2D eigenvalue weighted by Crippen LogP contribution is 2.28. The Labute approximate surface area is 70.5 Å². The van der Waals surface area contributed by atoms with Crippen molar-refractivity contribution in [3.05, 3.63) is 0 Å². The fourth-order valence-electron chi connectivity index (χ4n) is 1.59. The molecule has 0 saturated carbocycles. The molecule has 1 aliphatic heterocycles. The predicted octanol–water partition coefficient (Wildman–Crippen LogP) is 2.63. The van der Waals surface area contributed by atoms with E-state index in [1.165, 1.54) is 0 Å². The lowest BCUT2D eigenvalue weighted by Crippen LogP contribution is -2.43. The molecule has 0 bridgehead atoms. The predicted molar refractivity (Wildman–Crippen MR) is 40.6 cm³/mol. The fraction of sp³-hybridized carbons (Fsp3) is 1.00. The third-order valence-corrected chi connectivity index (χ3v) is 2.55. The molecule has 0 aromatic rings. The minimum Gasteiger partial charge on any atom is -0.214 e. The number of rotatable bonds is 1. The molecule has 0 unspecified atom stereocenters. The number of hydrogen-bond acceptors (Lipinski definition) is 1. The minimum atomic E-state index is -4.11. The van der Waals surface area contributed by atoms with Gasteiger partial charge in [-0.05, 0) is 18.8 Å². The lowest BCUT2D eigenvalue weighted by molar-refractivity contribution is -0.251. The van der Waals surface area contributed by atoms with E-state index in [9.17, 15) is 13.2 Å². The molecular weight excluding hydrogens is 167 g/mol. The van der Waals surface area contributed by atoms with Crippen LogP contribution >= 0.6 is 0 Å². The van der Waals surface area contributed by atoms with E-state index in [0.717, 1.165) is 6.42 Å². The van der Waals surface area contributed by atoms with Gasteiger partial charge in [-0.1, -0.05) is 13.3 Å². The molecule has 0 atom stereocenters. The van der Waals surface area contributed by atoms with E-state index in [2.05, 4.69) is 0 Å². The second kappa shape index (κ2) is 3.64. The summed E-state index contributed by atoms with van der Waals surface area (Å²) in [6, 6.07) is 0. The van der Waals surface area contributed by atoms with Gasteiger partial charge in [0, 0.05) is 13.1 Å². The van der Waals surface area contributed by atoms with Crippen LogP contribution in [0.4, 0.5) is 13.2 Å². The van der Waals surface area contributed by atoms with Gasteiger partial charge in [0.25, 0.3) is 0 Å². The Kier molecular flexibility index (Phi) is 2.99. The number of likely N-dealkylation sites (tertiary alicyclic amines) is 1. The molecule has 0 N–H and O–H groups in total. The van der Waals surface area contributed by atoms with Crippen LogP contribution in [0.1, 0.15) is 26.2 Å². The van der Waals surface area contributed by atoms with Crippen LogP contribution in [-0.2, 0) is 0 Å². The first kappa shape index (κ1) is 9.84. The summed E-state index contributed by atoms with van der Waals surface area (Å²) in [4.78, 5) is 0.610. The van der Waals surface area contributed by atoms with Gasteiger partial charge in [0.2, 0.25) is 0 Å². The Hall–Kier alpha value is -0.250. The molecule has 1 saturated heterocycles. The second-order valence-electron chi connectivity index (χ2n) is 3.31. The zero-order valence-electron chi connectivity index (χ0n) is 7.19. The van der Waals surface area contributed by atoms with E-state index < -0.39 is 6.30 Å². The molecule has 72 valence electrons. The number of nitrogens with zero attached hydrogens (tertiary/aromatic N) is 1. The van der Waals surface area contributed by atoms with E-state index >= 15 is 0 Å². The molecule has 0 amide bonds. The highest BCUT2D eigenvalue weighted by atomic mass is 19.4. The van der Waals surface area contributed by atoms with Gasteiger partial charge in [-0.25, -0.2) is 4.90 Å². The van der Waals surface area contributed by atoms with Gasteiger partial charge in [-0.15, -0.1) is 0 Å². The fourth-order valence-corrected chi connectivity index (χ4v) is 1.59. The Balaban J connectivity index is 2.36. The molecule has 0 aromatic carbocycles. The lowest BCUT2D eigenvalue weighted by Gasteiger charge is -2.32. The van der Waals surface area contributed by atoms with Gasteiger partial charge in [0.15, 0.2) is 0 Å². The molecule has 1 fully saturated rings. The van der Waals surface area contributed by atoms with Crippen LogP contribution in [0.15, 0.2) is 0 Å². The van der Waals surface area contributed by atoms with E-state index in [-0.39, 0.29) is 13.1 Å². The zero-order valence-corrected chi connectivity index (χ0v) is 7.19.